The number of nitrogens with zero attached hydrogens (tertiary/aromatic N) is 2. The summed E-state index contributed by atoms with van der Waals surface area (Å²) >= 11 is 7.57. The van der Waals surface area contributed by atoms with Gasteiger partial charge in [-0.1, -0.05) is 36.7 Å². The van der Waals surface area contributed by atoms with Crippen molar-refractivity contribution in [3.63, 3.8) is 0 Å². The Labute approximate surface area is 204 Å². The highest BCUT2D eigenvalue weighted by atomic mass is 35.5. The second-order valence-corrected chi connectivity index (χ2v) is 9.04. The van der Waals surface area contributed by atoms with Gasteiger partial charge >= 0.3 is 0 Å². The molecule has 1 N–H and O–H groups in total. The molecule has 0 bridgehead atoms. The van der Waals surface area contributed by atoms with E-state index >= 15 is 0 Å². The third-order valence-corrected chi connectivity index (χ3v) is 6.25. The summed E-state index contributed by atoms with van der Waals surface area (Å²) < 4.78 is 10.8. The number of ether oxygens (including phenoxy) is 2. The number of hydrogen-bond acceptors (Lipinski definition) is 6. The van der Waals surface area contributed by atoms with Crippen molar-refractivity contribution < 1.29 is 14.3 Å². The largest absolute Gasteiger partial charge is 0.493 e. The Balaban J connectivity index is 1.72. The van der Waals surface area contributed by atoms with Crippen molar-refractivity contribution in [1.82, 2.24) is 15.2 Å². The lowest BCUT2D eigenvalue weighted by molar-refractivity contribution is 0.0949. The van der Waals surface area contributed by atoms with Crippen molar-refractivity contribution in [2.75, 3.05) is 27.3 Å². The smallest absolute Gasteiger partial charge is 0.270 e. The van der Waals surface area contributed by atoms with E-state index in [0.717, 1.165) is 53.0 Å². The van der Waals surface area contributed by atoms with Gasteiger partial charge < -0.3 is 14.8 Å². The Morgan fingerprint density at radius 3 is 2.48 bits per heavy atom. The summed E-state index contributed by atoms with van der Waals surface area (Å²) in [4.78, 5) is 19.1. The van der Waals surface area contributed by atoms with Gasteiger partial charge in [-0.3, -0.25) is 9.69 Å². The van der Waals surface area contributed by atoms with Crippen molar-refractivity contribution in [3.8, 4) is 11.5 Å². The summed E-state index contributed by atoms with van der Waals surface area (Å²) in [7, 11) is 3.28. The Bertz CT molecular complexity index is 1040. The van der Waals surface area contributed by atoms with Crippen LogP contribution in [0.5, 0.6) is 11.5 Å². The Kier molecular flexibility index (Phi) is 9.54. The molecule has 3 rings (SSSR count). The normalized spacial score (nSPS) is 10.9. The monoisotopic (exact) mass is 487 g/mol. The lowest BCUT2D eigenvalue weighted by atomic mass is 10.1. The van der Waals surface area contributed by atoms with Crippen LogP contribution >= 0.6 is 22.9 Å². The maximum Gasteiger partial charge on any atom is 0.270 e. The molecule has 0 saturated heterocycles. The highest BCUT2D eigenvalue weighted by molar-refractivity contribution is 7.09. The van der Waals surface area contributed by atoms with Gasteiger partial charge in [-0.05, 0) is 48.2 Å². The number of methoxy groups -OCH3 is 2. The molecule has 176 valence electrons. The molecule has 0 aliphatic rings. The molecule has 0 spiro atoms. The van der Waals surface area contributed by atoms with E-state index in [1.54, 1.807) is 14.2 Å². The number of amides is 1. The SMILES string of the molecule is CCCNC(=O)c1csc(CN(CCc2ccc(OC)c(OC)c2)Cc2ccc(Cl)cc2)n1. The average Bonchev–Trinajstić information content (AvgIpc) is 3.30. The van der Waals surface area contributed by atoms with Gasteiger partial charge in [-0.15, -0.1) is 11.3 Å². The minimum Gasteiger partial charge on any atom is -0.493 e. The van der Waals surface area contributed by atoms with Gasteiger partial charge in [-0.25, -0.2) is 4.98 Å². The highest BCUT2D eigenvalue weighted by Gasteiger charge is 2.14. The number of aromatic nitrogens is 1. The number of nitrogens with one attached hydrogen (secondary N) is 1. The van der Waals surface area contributed by atoms with E-state index in [1.807, 2.05) is 48.7 Å². The maximum absolute atomic E-state index is 12.2. The number of thiazole rings is 1. The molecule has 0 aliphatic heterocycles. The molecule has 0 atom stereocenters. The van der Waals surface area contributed by atoms with Crippen molar-refractivity contribution in [1.29, 1.82) is 0 Å². The first-order valence-corrected chi connectivity index (χ1v) is 12.2. The standard InChI is InChI=1S/C25H30ClN3O3S/c1-4-12-27-25(30)21-17-33-24(28-21)16-29(15-19-5-8-20(26)9-6-19)13-11-18-7-10-22(31-2)23(14-18)32-3/h5-10,14,17H,4,11-13,15-16H2,1-3H3,(H,27,30). The first-order valence-electron chi connectivity index (χ1n) is 10.9. The van der Waals surface area contributed by atoms with Crippen LogP contribution in [0, 0.1) is 0 Å². The van der Waals surface area contributed by atoms with Crippen LogP contribution in [0.4, 0.5) is 0 Å². The molecule has 8 heteroatoms. The van der Waals surface area contributed by atoms with E-state index in [4.69, 9.17) is 21.1 Å². The second kappa shape index (κ2) is 12.6. The molecule has 6 nitrogen and oxygen atoms in total. The van der Waals surface area contributed by atoms with Crippen LogP contribution in [0.1, 0.15) is 40.0 Å². The Morgan fingerprint density at radius 1 is 1.06 bits per heavy atom. The maximum atomic E-state index is 12.2. The molecule has 0 unspecified atom stereocenters. The van der Waals surface area contributed by atoms with Crippen LogP contribution in [0.15, 0.2) is 47.8 Å². The molecule has 0 radical (unpaired) electrons. The first-order chi connectivity index (χ1) is 16.0. The van der Waals surface area contributed by atoms with Crippen LogP contribution in [0.3, 0.4) is 0 Å². The molecule has 3 aromatic rings. The van der Waals surface area contributed by atoms with Crippen LogP contribution in [0.2, 0.25) is 5.02 Å². The van der Waals surface area contributed by atoms with E-state index < -0.39 is 0 Å². The van der Waals surface area contributed by atoms with Gasteiger partial charge in [0, 0.05) is 30.0 Å². The zero-order chi connectivity index (χ0) is 23.6. The second-order valence-electron chi connectivity index (χ2n) is 7.66. The molecule has 1 heterocycles. The molecule has 1 amide bonds. The van der Waals surface area contributed by atoms with Crippen LogP contribution in [0.25, 0.3) is 0 Å². The van der Waals surface area contributed by atoms with E-state index in [0.29, 0.717) is 18.8 Å². The van der Waals surface area contributed by atoms with Crippen molar-refractivity contribution in [2.24, 2.45) is 0 Å². The predicted molar refractivity (Wildman–Crippen MR) is 134 cm³/mol. The number of carbonyl (C=O) groups excluding carboxylic acids is 1. The van der Waals surface area contributed by atoms with Crippen molar-refractivity contribution in [3.05, 3.63) is 74.7 Å². The summed E-state index contributed by atoms with van der Waals surface area (Å²) in [6.07, 6.45) is 1.73. The Morgan fingerprint density at radius 2 is 1.79 bits per heavy atom. The minimum absolute atomic E-state index is 0.117. The molecule has 1 aromatic heterocycles. The zero-order valence-electron chi connectivity index (χ0n) is 19.3. The quantitative estimate of drug-likeness (QED) is 0.380. The number of carbonyl (C=O) groups is 1. The number of benzene rings is 2. The van der Waals surface area contributed by atoms with Crippen LogP contribution in [-0.2, 0) is 19.5 Å². The van der Waals surface area contributed by atoms with Gasteiger partial charge in [0.15, 0.2) is 11.5 Å². The molecular weight excluding hydrogens is 458 g/mol. The van der Waals surface area contributed by atoms with Crippen molar-refractivity contribution >= 4 is 28.8 Å². The summed E-state index contributed by atoms with van der Waals surface area (Å²) in [5.74, 6) is 1.33. The summed E-state index contributed by atoms with van der Waals surface area (Å²) in [5, 5.41) is 6.35. The molecule has 33 heavy (non-hydrogen) atoms. The van der Waals surface area contributed by atoms with Gasteiger partial charge in [-0.2, -0.15) is 0 Å². The van der Waals surface area contributed by atoms with Crippen LogP contribution < -0.4 is 14.8 Å². The van der Waals surface area contributed by atoms with Crippen molar-refractivity contribution in [2.45, 2.75) is 32.9 Å². The Hall–Kier alpha value is -2.61. The van der Waals surface area contributed by atoms with E-state index in [1.165, 1.54) is 16.9 Å². The summed E-state index contributed by atoms with van der Waals surface area (Å²) in [6, 6.07) is 13.9. The molecule has 2 aromatic carbocycles. The number of hydrogen-bond donors (Lipinski definition) is 1. The van der Waals surface area contributed by atoms with Gasteiger partial charge in [0.05, 0.1) is 20.8 Å². The molecule has 0 fully saturated rings. The lowest BCUT2D eigenvalue weighted by Gasteiger charge is -2.22. The van der Waals surface area contributed by atoms with E-state index in [9.17, 15) is 4.79 Å². The highest BCUT2D eigenvalue weighted by Crippen LogP contribution is 2.28. The minimum atomic E-state index is -0.117. The number of halogens is 1. The predicted octanol–water partition coefficient (Wildman–Crippen LogP) is 5.20. The van der Waals surface area contributed by atoms with E-state index in [-0.39, 0.29) is 5.91 Å². The zero-order valence-corrected chi connectivity index (χ0v) is 20.8. The topological polar surface area (TPSA) is 63.7 Å². The third kappa shape index (κ3) is 7.45. The fourth-order valence-corrected chi connectivity index (χ4v) is 4.34. The summed E-state index contributed by atoms with van der Waals surface area (Å²) in [5.41, 5.74) is 2.81. The van der Waals surface area contributed by atoms with Gasteiger partial charge in [0.1, 0.15) is 10.7 Å². The third-order valence-electron chi connectivity index (χ3n) is 5.16. The fraction of sp³-hybridized carbons (Fsp3) is 0.360. The van der Waals surface area contributed by atoms with E-state index in [2.05, 4.69) is 21.3 Å². The lowest BCUT2D eigenvalue weighted by Crippen LogP contribution is -2.26. The number of rotatable bonds is 12. The average molecular weight is 488 g/mol. The van der Waals surface area contributed by atoms with Gasteiger partial charge in [0.2, 0.25) is 0 Å². The first kappa shape index (κ1) is 25.0. The molecular formula is C25H30ClN3O3S. The molecule has 0 aliphatic carbocycles. The summed E-state index contributed by atoms with van der Waals surface area (Å²) in [6.45, 7) is 4.90. The van der Waals surface area contributed by atoms with Crippen LogP contribution in [-0.4, -0.2) is 43.1 Å². The fourth-order valence-electron chi connectivity index (χ4n) is 3.39. The van der Waals surface area contributed by atoms with Gasteiger partial charge in [0.25, 0.3) is 5.91 Å². The molecule has 0 saturated carbocycles.